The largest absolute Gasteiger partial charge is 0.496 e. The van der Waals surface area contributed by atoms with Gasteiger partial charge in [0.05, 0.1) is 34.9 Å². The van der Waals surface area contributed by atoms with Gasteiger partial charge in [0.2, 0.25) is 5.91 Å². The van der Waals surface area contributed by atoms with E-state index in [4.69, 9.17) is 32.0 Å². The van der Waals surface area contributed by atoms with Crippen LogP contribution in [0.2, 0.25) is 4.34 Å². The number of nitrogens with zero attached hydrogens (tertiary/aromatic N) is 3. The van der Waals surface area contributed by atoms with Crippen LogP contribution in [0.1, 0.15) is 17.5 Å². The van der Waals surface area contributed by atoms with Gasteiger partial charge < -0.3 is 15.6 Å². The number of nitrogens with two attached hydrogens (primary N) is 1. The SMILES string of the molecule is COc1cccc2c1c(NS(=O)(=O)c1ccc(Cl)s1)nn2Cc1cccc(CN2C[C@H](F)C[C@H]2C(N)=O)c1.O=C(O)C(F)(F)F. The third-order valence-electron chi connectivity index (χ3n) is 6.64. The minimum absolute atomic E-state index is 0.0690. The highest BCUT2D eigenvalue weighted by atomic mass is 35.5. The number of nitrogens with one attached hydrogen (secondary N) is 1. The van der Waals surface area contributed by atoms with Crippen molar-refractivity contribution in [1.29, 1.82) is 0 Å². The maximum atomic E-state index is 14.0. The number of amides is 1. The van der Waals surface area contributed by atoms with E-state index < -0.39 is 40.3 Å². The Labute approximate surface area is 263 Å². The molecule has 1 saturated heterocycles. The average Bonchev–Trinajstić information content (AvgIpc) is 3.66. The first-order valence-electron chi connectivity index (χ1n) is 13.0. The third kappa shape index (κ3) is 8.22. The normalized spacial score (nSPS) is 17.1. The first kappa shape index (κ1) is 34.0. The van der Waals surface area contributed by atoms with Crippen molar-refractivity contribution in [2.45, 2.75) is 42.1 Å². The van der Waals surface area contributed by atoms with E-state index in [-0.39, 0.29) is 23.0 Å². The Kier molecular flexibility index (Phi) is 10.3. The van der Waals surface area contributed by atoms with Gasteiger partial charge in [-0.3, -0.25) is 19.1 Å². The maximum Gasteiger partial charge on any atom is 0.490 e. The Hall–Kier alpha value is -3.93. The molecule has 2 atom stereocenters. The number of carbonyl (C=O) groups is 2. The first-order valence-corrected chi connectivity index (χ1v) is 15.6. The molecule has 0 unspecified atom stereocenters. The second-order valence-corrected chi connectivity index (χ2v) is 13.5. The molecule has 0 bridgehead atoms. The summed E-state index contributed by atoms with van der Waals surface area (Å²) in [6, 6.07) is 15.3. The molecule has 1 fully saturated rings. The summed E-state index contributed by atoms with van der Waals surface area (Å²) in [4.78, 5) is 22.4. The predicted molar refractivity (Wildman–Crippen MR) is 159 cm³/mol. The molecule has 4 N–H and O–H groups in total. The van der Waals surface area contributed by atoms with Crippen LogP contribution in [0.15, 0.2) is 58.8 Å². The van der Waals surface area contributed by atoms with Crippen LogP contribution >= 0.6 is 22.9 Å². The van der Waals surface area contributed by atoms with Crippen LogP contribution in [0, 0.1) is 0 Å². The molecule has 5 rings (SSSR count). The van der Waals surface area contributed by atoms with E-state index >= 15 is 0 Å². The van der Waals surface area contributed by atoms with Gasteiger partial charge in [-0.05, 0) is 35.4 Å². The summed E-state index contributed by atoms with van der Waals surface area (Å²) in [5.74, 6) is -2.68. The minimum Gasteiger partial charge on any atom is -0.496 e. The van der Waals surface area contributed by atoms with Crippen LogP contribution in [0.25, 0.3) is 10.9 Å². The topological polar surface area (TPSA) is 157 Å². The molecule has 4 aromatic rings. The quantitative estimate of drug-likeness (QED) is 0.214. The molecule has 0 aliphatic carbocycles. The molecule has 0 spiro atoms. The highest BCUT2D eigenvalue weighted by Gasteiger charge is 2.38. The maximum absolute atomic E-state index is 14.0. The summed E-state index contributed by atoms with van der Waals surface area (Å²) in [7, 11) is -2.42. The number of ether oxygens (including phenoxy) is 1. The van der Waals surface area contributed by atoms with E-state index in [1.165, 1.54) is 19.2 Å². The zero-order chi connectivity index (χ0) is 33.1. The van der Waals surface area contributed by atoms with E-state index in [0.717, 1.165) is 22.5 Å². The Balaban J connectivity index is 0.000000591. The number of likely N-dealkylation sites (tertiary alicyclic amines) is 1. The summed E-state index contributed by atoms with van der Waals surface area (Å²) >= 11 is 6.89. The van der Waals surface area contributed by atoms with Gasteiger partial charge in [-0.25, -0.2) is 17.6 Å². The number of fused-ring (bicyclic) bond motifs is 1. The molecule has 2 aromatic heterocycles. The molecular weight excluding hydrogens is 666 g/mol. The van der Waals surface area contributed by atoms with Crippen molar-refractivity contribution in [3.05, 3.63) is 70.1 Å². The molecule has 1 aliphatic heterocycles. The molecular formula is C27H26ClF4N5O6S2. The van der Waals surface area contributed by atoms with Gasteiger partial charge in [0, 0.05) is 19.5 Å². The predicted octanol–water partition coefficient (Wildman–Crippen LogP) is 4.64. The van der Waals surface area contributed by atoms with Gasteiger partial charge in [-0.1, -0.05) is 41.9 Å². The van der Waals surface area contributed by atoms with Crippen molar-refractivity contribution in [3.8, 4) is 5.75 Å². The second-order valence-electron chi connectivity index (χ2n) is 9.83. The fourth-order valence-corrected chi connectivity index (χ4v) is 7.22. The van der Waals surface area contributed by atoms with Crippen molar-refractivity contribution < 1.29 is 45.4 Å². The van der Waals surface area contributed by atoms with Gasteiger partial charge in [0.1, 0.15) is 16.1 Å². The number of aromatic nitrogens is 2. The first-order chi connectivity index (χ1) is 21.1. The number of alkyl halides is 4. The molecule has 18 heteroatoms. The Morgan fingerprint density at radius 2 is 1.80 bits per heavy atom. The summed E-state index contributed by atoms with van der Waals surface area (Å²) in [6.07, 6.45) is -6.07. The van der Waals surface area contributed by atoms with E-state index in [9.17, 15) is 30.8 Å². The number of carbonyl (C=O) groups excluding carboxylic acids is 1. The smallest absolute Gasteiger partial charge is 0.490 e. The number of carboxylic acid groups (broad SMARTS) is 1. The highest BCUT2D eigenvalue weighted by molar-refractivity contribution is 7.94. The zero-order valence-corrected chi connectivity index (χ0v) is 25.7. The molecule has 11 nitrogen and oxygen atoms in total. The number of rotatable bonds is 9. The monoisotopic (exact) mass is 691 g/mol. The van der Waals surface area contributed by atoms with Gasteiger partial charge in [-0.15, -0.1) is 11.3 Å². The number of halogens is 5. The lowest BCUT2D eigenvalue weighted by atomic mass is 10.1. The molecule has 242 valence electrons. The fourth-order valence-electron chi connectivity index (χ4n) is 4.73. The minimum atomic E-state index is -5.08. The number of anilines is 1. The molecule has 0 saturated carbocycles. The van der Waals surface area contributed by atoms with Crippen molar-refractivity contribution in [3.63, 3.8) is 0 Å². The molecule has 2 aromatic carbocycles. The molecule has 45 heavy (non-hydrogen) atoms. The number of aliphatic carboxylic acids is 1. The van der Waals surface area contributed by atoms with E-state index in [1.54, 1.807) is 21.7 Å². The Morgan fingerprint density at radius 1 is 1.16 bits per heavy atom. The number of carboxylic acids is 1. The van der Waals surface area contributed by atoms with Crippen LogP contribution in [0.4, 0.5) is 23.4 Å². The van der Waals surface area contributed by atoms with Crippen LogP contribution in [0.5, 0.6) is 5.75 Å². The van der Waals surface area contributed by atoms with Crippen molar-refractivity contribution >= 4 is 61.6 Å². The van der Waals surface area contributed by atoms with Gasteiger partial charge in [0.15, 0.2) is 5.82 Å². The van der Waals surface area contributed by atoms with Crippen molar-refractivity contribution in [2.75, 3.05) is 18.4 Å². The Morgan fingerprint density at radius 3 is 2.38 bits per heavy atom. The zero-order valence-electron chi connectivity index (χ0n) is 23.3. The number of thiophene rings is 1. The summed E-state index contributed by atoms with van der Waals surface area (Å²) < 4.78 is 81.9. The highest BCUT2D eigenvalue weighted by Crippen LogP contribution is 2.35. The van der Waals surface area contributed by atoms with Crippen molar-refractivity contribution in [1.82, 2.24) is 14.7 Å². The molecule has 0 radical (unpaired) electrons. The van der Waals surface area contributed by atoms with Gasteiger partial charge >= 0.3 is 12.1 Å². The molecule has 1 aliphatic rings. The lowest BCUT2D eigenvalue weighted by molar-refractivity contribution is -0.192. The fraction of sp³-hybridized carbons (Fsp3) is 0.296. The van der Waals surface area contributed by atoms with Crippen LogP contribution < -0.4 is 15.2 Å². The van der Waals surface area contributed by atoms with Crippen LogP contribution in [-0.4, -0.2) is 72.1 Å². The van der Waals surface area contributed by atoms with E-state index in [0.29, 0.717) is 34.1 Å². The summed E-state index contributed by atoms with van der Waals surface area (Å²) in [5, 5.41) is 12.2. The molecule has 1 amide bonds. The standard InChI is InChI=1S/C25H25ClFN5O4S2.C2HF3O2/c1-36-20-7-3-6-18-23(20)25(30-38(34,35)22-9-8-21(26)37-22)29-32(18)13-16-5-2-4-15(10-16)12-31-14-17(27)11-19(31)24(28)33;3-2(4,5)1(6)7/h2-10,17,19H,11-14H2,1H3,(H2,28,33)(H,29,30);(H,6,7)/t17-,19+;/m1./s1. The number of primary amides is 1. The summed E-state index contributed by atoms with van der Waals surface area (Å²) in [6.45, 7) is 0.861. The van der Waals surface area contributed by atoms with E-state index in [2.05, 4.69) is 9.82 Å². The van der Waals surface area contributed by atoms with Gasteiger partial charge in [0.25, 0.3) is 10.0 Å². The van der Waals surface area contributed by atoms with Gasteiger partial charge in [-0.2, -0.15) is 18.3 Å². The number of benzene rings is 2. The summed E-state index contributed by atoms with van der Waals surface area (Å²) in [5.41, 5.74) is 7.93. The molecule has 3 heterocycles. The van der Waals surface area contributed by atoms with E-state index in [1.807, 2.05) is 30.3 Å². The van der Waals surface area contributed by atoms with Crippen LogP contribution in [0.3, 0.4) is 0 Å². The number of hydrogen-bond donors (Lipinski definition) is 3. The van der Waals surface area contributed by atoms with Crippen LogP contribution in [-0.2, 0) is 32.7 Å². The second kappa shape index (κ2) is 13.6. The number of methoxy groups -OCH3 is 1. The lowest BCUT2D eigenvalue weighted by Crippen LogP contribution is -2.39. The number of hydrogen-bond acceptors (Lipinski definition) is 8. The lowest BCUT2D eigenvalue weighted by Gasteiger charge is -2.21. The third-order valence-corrected chi connectivity index (χ3v) is 9.70. The number of sulfonamides is 1. The van der Waals surface area contributed by atoms with Crippen molar-refractivity contribution in [2.24, 2.45) is 5.73 Å². The average molecular weight is 692 g/mol. The Bertz CT molecular complexity index is 1810.